The molecule has 0 atom stereocenters. The van der Waals surface area contributed by atoms with Gasteiger partial charge in [0.25, 0.3) is 0 Å². The molecule has 0 N–H and O–H groups in total. The van der Waals surface area contributed by atoms with E-state index in [4.69, 9.17) is 4.74 Å². The van der Waals surface area contributed by atoms with Crippen molar-refractivity contribution in [2.75, 3.05) is 13.4 Å². The van der Waals surface area contributed by atoms with Crippen LogP contribution in [-0.4, -0.2) is 26.3 Å². The molecule has 146 valence electrons. The second-order valence-corrected chi connectivity index (χ2v) is 9.27. The SMILES string of the molecule is CC[n+]1c(C)sc2cc(SC)c(OC)cc21.Cc1ccc(S(=O)(=O)[O-])cc1. The minimum Gasteiger partial charge on any atom is -0.744 e. The Hall–Kier alpha value is -1.61. The Bertz CT molecular complexity index is 1030. The maximum absolute atomic E-state index is 10.4. The molecule has 1 heterocycles. The average molecular weight is 426 g/mol. The summed E-state index contributed by atoms with van der Waals surface area (Å²) in [7, 11) is -2.54. The minimum atomic E-state index is -4.27. The highest BCUT2D eigenvalue weighted by Crippen LogP contribution is 2.33. The average Bonchev–Trinajstić information content (AvgIpc) is 2.94. The van der Waals surface area contributed by atoms with Crippen LogP contribution in [0.1, 0.15) is 17.5 Å². The van der Waals surface area contributed by atoms with Gasteiger partial charge in [0, 0.05) is 6.92 Å². The Morgan fingerprint density at radius 1 is 1.19 bits per heavy atom. The first-order valence-corrected chi connectivity index (χ1v) is 11.7. The van der Waals surface area contributed by atoms with Crippen molar-refractivity contribution in [2.45, 2.75) is 37.1 Å². The molecule has 0 amide bonds. The third-order valence-corrected chi connectivity index (χ3v) is 6.69. The molecule has 0 bridgehead atoms. The lowest BCUT2D eigenvalue weighted by Gasteiger charge is -2.05. The van der Waals surface area contributed by atoms with E-state index in [9.17, 15) is 13.0 Å². The zero-order valence-corrected chi connectivity index (χ0v) is 18.4. The number of nitrogens with zero attached hydrogens (tertiary/aromatic N) is 1. The molecule has 3 aromatic rings. The van der Waals surface area contributed by atoms with Gasteiger partial charge in [0.2, 0.25) is 10.5 Å². The first kappa shape index (κ1) is 21.7. The van der Waals surface area contributed by atoms with Crippen molar-refractivity contribution >= 4 is 43.4 Å². The third-order valence-electron chi connectivity index (χ3n) is 4.02. The quantitative estimate of drug-likeness (QED) is 0.357. The molecule has 5 nitrogen and oxygen atoms in total. The van der Waals surface area contributed by atoms with Crippen molar-refractivity contribution in [1.29, 1.82) is 0 Å². The molecular formula is C19H23NO4S3. The first-order valence-electron chi connectivity index (χ1n) is 8.28. The highest BCUT2D eigenvalue weighted by atomic mass is 32.2. The van der Waals surface area contributed by atoms with Gasteiger partial charge in [-0.1, -0.05) is 29.0 Å². The van der Waals surface area contributed by atoms with Crippen LogP contribution in [-0.2, 0) is 16.7 Å². The molecule has 2 aromatic carbocycles. The van der Waals surface area contributed by atoms with Crippen LogP contribution >= 0.6 is 23.1 Å². The number of hydrogen-bond donors (Lipinski definition) is 0. The van der Waals surface area contributed by atoms with Gasteiger partial charge in [0.15, 0.2) is 0 Å². The van der Waals surface area contributed by atoms with E-state index >= 15 is 0 Å². The highest BCUT2D eigenvalue weighted by Gasteiger charge is 2.18. The summed E-state index contributed by atoms with van der Waals surface area (Å²) in [6.45, 7) is 7.17. The fourth-order valence-corrected chi connectivity index (χ4v) is 4.85. The third kappa shape index (κ3) is 5.22. The molecule has 0 aliphatic carbocycles. The molecule has 0 unspecified atom stereocenters. The van der Waals surface area contributed by atoms with Gasteiger partial charge in [-0.3, -0.25) is 0 Å². The number of methoxy groups -OCH3 is 1. The van der Waals surface area contributed by atoms with E-state index in [1.165, 1.54) is 32.3 Å². The Kier molecular flexibility index (Phi) is 7.27. The van der Waals surface area contributed by atoms with E-state index in [1.54, 1.807) is 31.0 Å². The number of thioether (sulfide) groups is 1. The zero-order valence-electron chi connectivity index (χ0n) is 16.0. The first-order chi connectivity index (χ1) is 12.7. The molecule has 1 aromatic heterocycles. The predicted octanol–water partition coefficient (Wildman–Crippen LogP) is 4.15. The van der Waals surface area contributed by atoms with Crippen molar-refractivity contribution in [3.05, 3.63) is 47.0 Å². The minimum absolute atomic E-state index is 0.178. The molecule has 8 heteroatoms. The van der Waals surface area contributed by atoms with Crippen LogP contribution in [0, 0.1) is 13.8 Å². The fraction of sp³-hybridized carbons (Fsp3) is 0.316. The van der Waals surface area contributed by atoms with Crippen LogP contribution in [0.25, 0.3) is 10.2 Å². The van der Waals surface area contributed by atoms with Gasteiger partial charge >= 0.3 is 0 Å². The van der Waals surface area contributed by atoms with E-state index in [2.05, 4.69) is 36.8 Å². The summed E-state index contributed by atoms with van der Waals surface area (Å²) in [5, 5.41) is 1.35. The van der Waals surface area contributed by atoms with E-state index in [1.807, 2.05) is 18.3 Å². The van der Waals surface area contributed by atoms with Gasteiger partial charge in [-0.2, -0.15) is 4.57 Å². The number of benzene rings is 2. The van der Waals surface area contributed by atoms with Crippen LogP contribution in [0.5, 0.6) is 5.75 Å². The Balaban J connectivity index is 0.000000208. The second-order valence-electron chi connectivity index (χ2n) is 5.81. The van der Waals surface area contributed by atoms with Crippen molar-refractivity contribution in [3.63, 3.8) is 0 Å². The maximum Gasteiger partial charge on any atom is 0.235 e. The van der Waals surface area contributed by atoms with Crippen molar-refractivity contribution in [1.82, 2.24) is 0 Å². The zero-order chi connectivity index (χ0) is 20.2. The van der Waals surface area contributed by atoms with Crippen LogP contribution in [0.3, 0.4) is 0 Å². The lowest BCUT2D eigenvalue weighted by atomic mass is 10.2. The summed E-state index contributed by atoms with van der Waals surface area (Å²) >= 11 is 3.58. The number of aryl methyl sites for hydroxylation is 3. The number of hydrogen-bond acceptors (Lipinski definition) is 6. The van der Waals surface area contributed by atoms with Gasteiger partial charge in [-0.25, -0.2) is 8.42 Å². The number of aromatic nitrogens is 1. The monoisotopic (exact) mass is 425 g/mol. The lowest BCUT2D eigenvalue weighted by Crippen LogP contribution is -2.33. The lowest BCUT2D eigenvalue weighted by molar-refractivity contribution is -0.669. The van der Waals surface area contributed by atoms with Crippen LogP contribution in [0.2, 0.25) is 0 Å². The molecule has 0 fully saturated rings. The van der Waals surface area contributed by atoms with Crippen molar-refractivity contribution in [2.24, 2.45) is 0 Å². The summed E-state index contributed by atoms with van der Waals surface area (Å²) < 4.78 is 40.3. The van der Waals surface area contributed by atoms with E-state index in [-0.39, 0.29) is 4.90 Å². The smallest absolute Gasteiger partial charge is 0.235 e. The van der Waals surface area contributed by atoms with Crippen molar-refractivity contribution < 1.29 is 22.3 Å². The molecule has 0 spiro atoms. The summed E-state index contributed by atoms with van der Waals surface area (Å²) in [6.07, 6.45) is 2.08. The number of ether oxygens (including phenoxy) is 1. The standard InChI is InChI=1S/C12H16NOS2.C7H8O3S/c1-5-13-8(2)16-11-7-12(15-4)10(14-3)6-9(11)13;1-6-2-4-7(5-3-6)11(8,9)10/h6-7H,5H2,1-4H3;2-5H,1H3,(H,8,9,10)/q+1;/p-1. The topological polar surface area (TPSA) is 70.3 Å². The molecule has 0 saturated carbocycles. The van der Waals surface area contributed by atoms with Crippen molar-refractivity contribution in [3.8, 4) is 5.75 Å². The van der Waals surface area contributed by atoms with Gasteiger partial charge < -0.3 is 9.29 Å². The van der Waals surface area contributed by atoms with E-state index in [0.29, 0.717) is 0 Å². The molecule has 3 rings (SSSR count). The summed E-state index contributed by atoms with van der Waals surface area (Å²) in [5.41, 5.74) is 2.21. The summed E-state index contributed by atoms with van der Waals surface area (Å²) in [5.74, 6) is 0.972. The molecule has 0 radical (unpaired) electrons. The van der Waals surface area contributed by atoms with Gasteiger partial charge in [0.05, 0.1) is 23.0 Å². The van der Waals surface area contributed by atoms with Gasteiger partial charge in [-0.15, -0.1) is 11.8 Å². The van der Waals surface area contributed by atoms with Gasteiger partial charge in [0.1, 0.15) is 27.1 Å². The Morgan fingerprint density at radius 2 is 1.81 bits per heavy atom. The predicted molar refractivity (Wildman–Crippen MR) is 110 cm³/mol. The Morgan fingerprint density at radius 3 is 2.30 bits per heavy atom. The number of thiazole rings is 1. The van der Waals surface area contributed by atoms with Gasteiger partial charge in [-0.05, 0) is 38.3 Å². The molecule has 0 aliphatic rings. The maximum atomic E-state index is 10.4. The van der Waals surface area contributed by atoms with E-state index in [0.717, 1.165) is 17.9 Å². The number of fused-ring (bicyclic) bond motifs is 1. The molecule has 0 saturated heterocycles. The second kappa shape index (κ2) is 9.05. The normalized spacial score (nSPS) is 11.2. The highest BCUT2D eigenvalue weighted by molar-refractivity contribution is 7.98. The molecule has 0 aliphatic heterocycles. The largest absolute Gasteiger partial charge is 0.744 e. The molecular weight excluding hydrogens is 402 g/mol. The summed E-state index contributed by atoms with van der Waals surface area (Å²) in [4.78, 5) is 1.03. The Labute approximate surface area is 168 Å². The van der Waals surface area contributed by atoms with E-state index < -0.39 is 10.1 Å². The van der Waals surface area contributed by atoms with Crippen LogP contribution in [0.15, 0.2) is 46.2 Å². The number of rotatable bonds is 4. The molecule has 27 heavy (non-hydrogen) atoms. The summed E-state index contributed by atoms with van der Waals surface area (Å²) in [6, 6.07) is 10.2. The van der Waals surface area contributed by atoms with Crippen LogP contribution in [0.4, 0.5) is 0 Å². The van der Waals surface area contributed by atoms with Crippen LogP contribution < -0.4 is 9.30 Å². The fourth-order valence-electron chi connectivity index (χ4n) is 2.62.